The van der Waals surface area contributed by atoms with E-state index in [9.17, 15) is 4.79 Å². The summed E-state index contributed by atoms with van der Waals surface area (Å²) in [5, 5.41) is 1.99. The van der Waals surface area contributed by atoms with Gasteiger partial charge in [-0.05, 0) is 71.0 Å². The maximum absolute atomic E-state index is 14.0. The van der Waals surface area contributed by atoms with Crippen LogP contribution >= 0.6 is 23.4 Å². The molecule has 192 valence electrons. The SMILES string of the molecule is CSc1ncc2cc(-c3ccc(-c4cncc(C)n4)cc3Cl)c(=O)n(C[C@H]3CC[C@H](N(C)C)CC3)c2n1. The Morgan fingerprint density at radius 3 is 2.51 bits per heavy atom. The summed E-state index contributed by atoms with van der Waals surface area (Å²) in [6.45, 7) is 2.55. The number of fused-ring (bicyclic) bond motifs is 1. The van der Waals surface area contributed by atoms with Crippen molar-refractivity contribution in [2.75, 3.05) is 20.4 Å². The Kier molecular flexibility index (Phi) is 7.60. The molecule has 5 rings (SSSR count). The van der Waals surface area contributed by atoms with Gasteiger partial charge in [0.25, 0.3) is 5.56 Å². The molecular weight excluding hydrogens is 504 g/mol. The number of hydrogen-bond acceptors (Lipinski definition) is 7. The molecule has 1 aromatic carbocycles. The van der Waals surface area contributed by atoms with Crippen molar-refractivity contribution in [3.05, 3.63) is 63.9 Å². The van der Waals surface area contributed by atoms with Gasteiger partial charge in [0.05, 0.1) is 17.6 Å². The standard InChI is InChI=1S/C28H31ClN6OS/c1-17-13-30-15-25(32-17)19-7-10-22(24(29)12-19)23-11-20-14-31-28(37-4)33-26(20)35(27(23)36)16-18-5-8-21(9-6-18)34(2)3/h7,10-15,18,21H,5-6,8-9,16H2,1-4H3/t18-,21-. The number of aromatic nitrogens is 5. The second-order valence-electron chi connectivity index (χ2n) is 9.99. The maximum atomic E-state index is 14.0. The minimum Gasteiger partial charge on any atom is -0.306 e. The second-order valence-corrected chi connectivity index (χ2v) is 11.2. The van der Waals surface area contributed by atoms with Crippen molar-refractivity contribution in [2.24, 2.45) is 5.92 Å². The third-order valence-corrected chi connectivity index (χ3v) is 8.16. The van der Waals surface area contributed by atoms with E-state index >= 15 is 0 Å². The number of rotatable bonds is 6. The third kappa shape index (κ3) is 5.42. The van der Waals surface area contributed by atoms with Gasteiger partial charge in [-0.15, -0.1) is 0 Å². The average molecular weight is 535 g/mol. The lowest BCUT2D eigenvalue weighted by molar-refractivity contribution is 0.184. The van der Waals surface area contributed by atoms with Crippen molar-refractivity contribution in [1.82, 2.24) is 29.4 Å². The van der Waals surface area contributed by atoms with Gasteiger partial charge in [-0.1, -0.05) is 35.5 Å². The van der Waals surface area contributed by atoms with Crippen LogP contribution in [0.5, 0.6) is 0 Å². The molecule has 1 aliphatic carbocycles. The molecule has 1 saturated carbocycles. The van der Waals surface area contributed by atoms with Gasteiger partial charge in [0.2, 0.25) is 0 Å². The number of benzene rings is 1. The molecule has 7 nitrogen and oxygen atoms in total. The number of thioether (sulfide) groups is 1. The molecule has 0 N–H and O–H groups in total. The van der Waals surface area contributed by atoms with Crippen LogP contribution in [-0.2, 0) is 6.54 Å². The van der Waals surface area contributed by atoms with Gasteiger partial charge in [-0.2, -0.15) is 0 Å². The zero-order valence-electron chi connectivity index (χ0n) is 21.6. The number of halogens is 1. The molecule has 9 heteroatoms. The highest BCUT2D eigenvalue weighted by Gasteiger charge is 2.25. The molecule has 4 aromatic rings. The summed E-state index contributed by atoms with van der Waals surface area (Å²) >= 11 is 8.25. The highest BCUT2D eigenvalue weighted by molar-refractivity contribution is 7.98. The summed E-state index contributed by atoms with van der Waals surface area (Å²) in [6.07, 6.45) is 11.7. The molecule has 0 amide bonds. The number of pyridine rings is 1. The largest absolute Gasteiger partial charge is 0.306 e. The van der Waals surface area contributed by atoms with Crippen molar-refractivity contribution >= 4 is 34.4 Å². The van der Waals surface area contributed by atoms with E-state index in [-0.39, 0.29) is 5.56 Å². The molecule has 0 bridgehead atoms. The molecule has 0 unspecified atom stereocenters. The van der Waals surface area contributed by atoms with Crippen LogP contribution in [0, 0.1) is 12.8 Å². The van der Waals surface area contributed by atoms with Gasteiger partial charge >= 0.3 is 0 Å². The molecular formula is C28H31ClN6OS. The predicted molar refractivity (Wildman–Crippen MR) is 151 cm³/mol. The zero-order chi connectivity index (χ0) is 26.1. The van der Waals surface area contributed by atoms with Gasteiger partial charge < -0.3 is 4.90 Å². The second kappa shape index (κ2) is 10.9. The van der Waals surface area contributed by atoms with Crippen molar-refractivity contribution in [1.29, 1.82) is 0 Å². The first-order chi connectivity index (χ1) is 17.8. The molecule has 0 radical (unpaired) electrons. The average Bonchev–Trinajstić information content (AvgIpc) is 2.90. The minimum absolute atomic E-state index is 0.0713. The van der Waals surface area contributed by atoms with Gasteiger partial charge in [0.15, 0.2) is 5.16 Å². The van der Waals surface area contributed by atoms with Crippen LogP contribution in [0.3, 0.4) is 0 Å². The van der Waals surface area contributed by atoms with Crippen LogP contribution in [0.4, 0.5) is 0 Å². The molecule has 1 fully saturated rings. The van der Waals surface area contributed by atoms with Gasteiger partial charge in [0, 0.05) is 52.1 Å². The Labute approximate surface area is 226 Å². The monoisotopic (exact) mass is 534 g/mol. The first kappa shape index (κ1) is 25.8. The van der Waals surface area contributed by atoms with E-state index in [1.807, 2.05) is 42.0 Å². The molecule has 0 atom stereocenters. The maximum Gasteiger partial charge on any atom is 0.260 e. The van der Waals surface area contributed by atoms with E-state index in [2.05, 4.69) is 33.9 Å². The van der Waals surface area contributed by atoms with Crippen molar-refractivity contribution < 1.29 is 0 Å². The molecule has 0 aliphatic heterocycles. The van der Waals surface area contributed by atoms with Gasteiger partial charge in [-0.25, -0.2) is 15.0 Å². The van der Waals surface area contributed by atoms with Gasteiger partial charge in [-0.3, -0.25) is 14.3 Å². The number of nitrogens with zero attached hydrogens (tertiary/aromatic N) is 6. The Morgan fingerprint density at radius 1 is 1.05 bits per heavy atom. The summed E-state index contributed by atoms with van der Waals surface area (Å²) in [4.78, 5) is 34.3. The number of hydrogen-bond donors (Lipinski definition) is 0. The fourth-order valence-corrected chi connectivity index (χ4v) is 5.82. The highest BCUT2D eigenvalue weighted by Crippen LogP contribution is 2.33. The smallest absolute Gasteiger partial charge is 0.260 e. The van der Waals surface area contributed by atoms with E-state index in [0.717, 1.165) is 48.0 Å². The first-order valence-corrected chi connectivity index (χ1v) is 14.1. The van der Waals surface area contributed by atoms with Crippen LogP contribution < -0.4 is 5.56 Å². The lowest BCUT2D eigenvalue weighted by Gasteiger charge is -2.33. The quantitative estimate of drug-likeness (QED) is 0.231. The van der Waals surface area contributed by atoms with Crippen LogP contribution in [0.25, 0.3) is 33.4 Å². The Morgan fingerprint density at radius 2 is 1.84 bits per heavy atom. The van der Waals surface area contributed by atoms with Crippen molar-refractivity contribution in [3.8, 4) is 22.4 Å². The van der Waals surface area contributed by atoms with Crippen molar-refractivity contribution in [2.45, 2.75) is 50.4 Å². The van der Waals surface area contributed by atoms with Gasteiger partial charge in [0.1, 0.15) is 5.65 Å². The van der Waals surface area contributed by atoms with E-state index in [1.165, 1.54) is 11.8 Å². The summed E-state index contributed by atoms with van der Waals surface area (Å²) in [5.41, 5.74) is 4.30. The van der Waals surface area contributed by atoms with E-state index in [4.69, 9.17) is 16.6 Å². The van der Waals surface area contributed by atoms with Crippen molar-refractivity contribution in [3.63, 3.8) is 0 Å². The third-order valence-electron chi connectivity index (χ3n) is 7.28. The predicted octanol–water partition coefficient (Wildman–Crippen LogP) is 5.72. The minimum atomic E-state index is -0.0713. The van der Waals surface area contributed by atoms with Crippen LogP contribution in [0.2, 0.25) is 5.02 Å². The fourth-order valence-electron chi connectivity index (χ4n) is 5.20. The fraction of sp³-hybridized carbons (Fsp3) is 0.393. The Balaban J connectivity index is 1.57. The zero-order valence-corrected chi connectivity index (χ0v) is 23.2. The van der Waals surface area contributed by atoms with E-state index in [0.29, 0.717) is 45.5 Å². The topological polar surface area (TPSA) is 76.8 Å². The summed E-state index contributed by atoms with van der Waals surface area (Å²) in [5.74, 6) is 0.429. The normalized spacial score (nSPS) is 18.0. The van der Waals surface area contributed by atoms with Crippen LogP contribution in [-0.4, -0.2) is 55.8 Å². The van der Waals surface area contributed by atoms with Crippen LogP contribution in [0.15, 0.2) is 52.8 Å². The molecule has 1 aliphatic rings. The molecule has 3 heterocycles. The lowest BCUT2D eigenvalue weighted by Crippen LogP contribution is -2.34. The molecule has 3 aromatic heterocycles. The molecule has 0 spiro atoms. The summed E-state index contributed by atoms with van der Waals surface area (Å²) in [6, 6.07) is 8.16. The van der Waals surface area contributed by atoms with E-state index in [1.54, 1.807) is 18.6 Å². The summed E-state index contributed by atoms with van der Waals surface area (Å²) in [7, 11) is 4.29. The first-order valence-electron chi connectivity index (χ1n) is 12.5. The molecule has 0 saturated heterocycles. The Hall–Kier alpha value is -2.81. The van der Waals surface area contributed by atoms with E-state index < -0.39 is 0 Å². The number of aryl methyl sites for hydroxylation is 1. The lowest BCUT2D eigenvalue weighted by atomic mass is 9.85. The summed E-state index contributed by atoms with van der Waals surface area (Å²) < 4.78 is 1.85. The Bertz CT molecular complexity index is 1500. The molecule has 37 heavy (non-hydrogen) atoms. The van der Waals surface area contributed by atoms with Crippen LogP contribution in [0.1, 0.15) is 31.4 Å². The highest BCUT2D eigenvalue weighted by atomic mass is 35.5.